The number of unbranched alkanes of at least 4 members (excludes halogenated alkanes) is 1. The summed E-state index contributed by atoms with van der Waals surface area (Å²) in [6, 6.07) is 57.6. The maximum absolute atomic E-state index is 12.4. The van der Waals surface area contributed by atoms with Gasteiger partial charge in [0, 0.05) is 30.8 Å². The quantitative estimate of drug-likeness (QED) is 0.0184. The second kappa shape index (κ2) is 38.4. The summed E-state index contributed by atoms with van der Waals surface area (Å²) in [4.78, 5) is 73.4. The van der Waals surface area contributed by atoms with Gasteiger partial charge in [-0.1, -0.05) is 232 Å². The minimum atomic E-state index is -0.577. The van der Waals surface area contributed by atoms with Gasteiger partial charge < -0.3 is 31.3 Å². The number of nitrogens with one attached hydrogen (secondary N) is 5. The van der Waals surface area contributed by atoms with Crippen molar-refractivity contribution in [2.24, 2.45) is 0 Å². The molecule has 5 N–H and O–H groups in total. The molecule has 0 saturated carbocycles. The molecule has 6 rings (SSSR count). The van der Waals surface area contributed by atoms with Crippen LogP contribution in [0, 0.1) is 0 Å². The van der Waals surface area contributed by atoms with Gasteiger partial charge in [-0.05, 0) is 97.0 Å². The molecule has 0 aliphatic rings. The molecule has 0 bridgehead atoms. The lowest BCUT2D eigenvalue weighted by molar-refractivity contribution is -0.139. The fourth-order valence-electron chi connectivity index (χ4n) is 6.72. The van der Waals surface area contributed by atoms with Crippen molar-refractivity contribution in [1.82, 2.24) is 26.6 Å². The zero-order chi connectivity index (χ0) is 58.1. The van der Waals surface area contributed by atoms with Crippen molar-refractivity contribution in [2.75, 3.05) is 13.2 Å². The van der Waals surface area contributed by atoms with Crippen LogP contribution in [0.25, 0.3) is 36.5 Å². The minimum absolute atomic E-state index is 0.0317. The Labute approximate surface area is 476 Å². The Bertz CT molecular complexity index is 3160. The first-order valence-corrected chi connectivity index (χ1v) is 26.6. The molecule has 6 aromatic carbocycles. The molecule has 0 fully saturated rings. The van der Waals surface area contributed by atoms with E-state index in [9.17, 15) is 28.8 Å². The van der Waals surface area contributed by atoms with Gasteiger partial charge in [0.1, 0.15) is 17.1 Å². The molecule has 0 atom stereocenters. The van der Waals surface area contributed by atoms with Gasteiger partial charge in [0.25, 0.3) is 11.8 Å². The van der Waals surface area contributed by atoms with Crippen LogP contribution in [-0.4, -0.2) is 54.7 Å². The van der Waals surface area contributed by atoms with E-state index >= 15 is 0 Å². The van der Waals surface area contributed by atoms with E-state index < -0.39 is 11.9 Å². The van der Waals surface area contributed by atoms with Gasteiger partial charge in [-0.3, -0.25) is 24.0 Å². The highest BCUT2D eigenvalue weighted by Crippen LogP contribution is 2.08. The van der Waals surface area contributed by atoms with Gasteiger partial charge in [0.05, 0.1) is 6.61 Å². The number of allylic oxidation sites excluding steroid dienone is 6. The summed E-state index contributed by atoms with van der Waals surface area (Å²) in [5, 5.41) is 13.5. The third-order valence-corrected chi connectivity index (χ3v) is 10.7. The van der Waals surface area contributed by atoms with E-state index in [2.05, 4.69) is 33.5 Å². The van der Waals surface area contributed by atoms with E-state index in [4.69, 9.17) is 4.74 Å². The van der Waals surface area contributed by atoms with Gasteiger partial charge in [-0.25, -0.2) is 4.79 Å². The van der Waals surface area contributed by atoms with E-state index in [-0.39, 0.29) is 53.4 Å². The molecule has 81 heavy (non-hydrogen) atoms. The van der Waals surface area contributed by atoms with Gasteiger partial charge in [0.15, 0.2) is 0 Å². The summed E-state index contributed by atoms with van der Waals surface area (Å²) in [7, 11) is 0. The fraction of sp³-hybridized carbons (Fsp3) is 0.130. The highest BCUT2D eigenvalue weighted by molar-refractivity contribution is 6.03. The topological polar surface area (TPSA) is 172 Å². The predicted molar refractivity (Wildman–Crippen MR) is 329 cm³/mol. The average molecular weight is 1080 g/mol. The lowest BCUT2D eigenvalue weighted by Crippen LogP contribution is -2.37. The summed E-state index contributed by atoms with van der Waals surface area (Å²) < 4.78 is 4.99. The number of ether oxygens (including phenoxy) is 1. The Kier molecular flexibility index (Phi) is 30.0. The van der Waals surface area contributed by atoms with Crippen LogP contribution in [0.5, 0.6) is 0 Å². The molecular weight excluding hydrogens is 1010 g/mol. The molecule has 0 unspecified atom stereocenters. The zero-order valence-electron chi connectivity index (χ0n) is 46.2. The zero-order valence-corrected chi connectivity index (χ0v) is 46.2. The van der Waals surface area contributed by atoms with Gasteiger partial charge in [-0.15, -0.1) is 0 Å². The van der Waals surface area contributed by atoms with E-state index in [0.717, 1.165) is 46.2 Å². The van der Waals surface area contributed by atoms with Crippen molar-refractivity contribution in [3.63, 3.8) is 0 Å². The molecule has 12 nitrogen and oxygen atoms in total. The highest BCUT2D eigenvalue weighted by atomic mass is 16.5. The predicted octanol–water partition coefficient (Wildman–Crippen LogP) is 12.2. The monoisotopic (exact) mass is 1080 g/mol. The van der Waals surface area contributed by atoms with Crippen molar-refractivity contribution in [2.45, 2.75) is 46.6 Å². The lowest BCUT2D eigenvalue weighted by atomic mass is 10.2. The second-order valence-electron chi connectivity index (χ2n) is 17.7. The van der Waals surface area contributed by atoms with E-state index in [1.54, 1.807) is 55.5 Å². The average Bonchev–Trinajstić information content (AvgIpc) is 3.48. The van der Waals surface area contributed by atoms with Crippen LogP contribution in [-0.2, 0) is 33.5 Å². The molecule has 414 valence electrons. The summed E-state index contributed by atoms with van der Waals surface area (Å²) in [6.45, 7) is 8.31. The number of esters is 1. The molecule has 0 radical (unpaired) electrons. The number of rotatable bonds is 23. The standard InChI is InChI=1S/C24H26N2O2.C23H24N2O2.C22H21NO3/c1-2-3-19-25-24(28)22(16-10-15-20-11-6-4-7-12-20)26-23(27)18-17-21-13-8-5-9-14-21;1-18(2)24-23(27)21(15-9-14-19-10-5-3-6-11-19)25-22(26)17-16-20-12-7-4-8-13-20;1-2-26-22(25)20(15-9-14-18-10-5-3-6-11-18)23-21(24)17-16-19-12-7-4-8-13-19/h4-18H,2-3,19H2,1H3,(H,25,28)(H,26,27);3-18H,1-2H3,(H,24,27)(H,25,26);3-17H,2H2,1H3,(H,23,24)/b15-10+,18-17+,22-16-;14-9+,17-16+,21-15-;14-9+,17-16+,20-15-. The lowest BCUT2D eigenvalue weighted by Gasteiger charge is -2.11. The molecule has 0 aromatic heterocycles. The molecule has 12 heteroatoms. The SMILES string of the molecule is CC(C)NC(=O)/C(=C/C=C/c1ccccc1)NC(=O)/C=C/c1ccccc1.CCCCNC(=O)/C(=C/C=C/c1ccccc1)NC(=O)/C=C/c1ccccc1.CCOC(=O)/C(=C/C=C/c1ccccc1)NC(=O)/C=C/c1ccccc1. The first-order chi connectivity index (χ1) is 39.4. The van der Waals surface area contributed by atoms with E-state index in [1.807, 2.05) is 214 Å². The third-order valence-electron chi connectivity index (χ3n) is 10.7. The van der Waals surface area contributed by atoms with Crippen LogP contribution in [0.2, 0.25) is 0 Å². The molecule has 0 heterocycles. The number of carbonyl (C=O) groups is 6. The van der Waals surface area contributed by atoms with Gasteiger partial charge >= 0.3 is 5.97 Å². The number of hydrogen-bond donors (Lipinski definition) is 5. The van der Waals surface area contributed by atoms with Crippen molar-refractivity contribution >= 4 is 72.0 Å². The number of amides is 5. The van der Waals surface area contributed by atoms with Crippen molar-refractivity contribution in [1.29, 1.82) is 0 Å². The molecular formula is C69H71N5O7. The maximum Gasteiger partial charge on any atom is 0.354 e. The van der Waals surface area contributed by atoms with Crippen LogP contribution in [0.1, 0.15) is 73.9 Å². The Hall–Kier alpha value is -10.2. The van der Waals surface area contributed by atoms with Gasteiger partial charge in [-0.2, -0.15) is 0 Å². The van der Waals surface area contributed by atoms with Gasteiger partial charge in [0.2, 0.25) is 17.7 Å². The first kappa shape index (κ1) is 63.3. The molecule has 0 aliphatic heterocycles. The number of benzene rings is 6. The maximum atomic E-state index is 12.4. The van der Waals surface area contributed by atoms with Crippen molar-refractivity contribution in [3.8, 4) is 0 Å². The third kappa shape index (κ3) is 28.1. The van der Waals surface area contributed by atoms with Crippen LogP contribution in [0.4, 0.5) is 0 Å². The Morgan fingerprint density at radius 2 is 0.704 bits per heavy atom. The smallest absolute Gasteiger partial charge is 0.354 e. The molecule has 5 amide bonds. The highest BCUT2D eigenvalue weighted by Gasteiger charge is 2.14. The van der Waals surface area contributed by atoms with E-state index in [1.165, 1.54) is 24.3 Å². The number of hydrogen-bond acceptors (Lipinski definition) is 7. The minimum Gasteiger partial charge on any atom is -0.461 e. The Morgan fingerprint density at radius 3 is 1.01 bits per heavy atom. The summed E-state index contributed by atoms with van der Waals surface area (Å²) >= 11 is 0. The molecule has 0 spiro atoms. The molecule has 6 aromatic rings. The van der Waals surface area contributed by atoms with Crippen LogP contribution < -0.4 is 26.6 Å². The van der Waals surface area contributed by atoms with Crippen LogP contribution in [0.3, 0.4) is 0 Å². The normalized spacial score (nSPS) is 11.7. The van der Waals surface area contributed by atoms with Crippen LogP contribution in [0.15, 0.2) is 254 Å². The Morgan fingerprint density at radius 1 is 0.407 bits per heavy atom. The Balaban J connectivity index is 0.000000262. The first-order valence-electron chi connectivity index (χ1n) is 26.6. The summed E-state index contributed by atoms with van der Waals surface area (Å²) in [5.74, 6) is -2.32. The number of carbonyl (C=O) groups excluding carboxylic acids is 6. The summed E-state index contributed by atoms with van der Waals surface area (Å²) in [5.41, 5.74) is 6.22. The summed E-state index contributed by atoms with van der Waals surface area (Å²) in [6.07, 6.45) is 26.7. The largest absolute Gasteiger partial charge is 0.461 e. The van der Waals surface area contributed by atoms with Crippen molar-refractivity contribution < 1.29 is 33.5 Å². The van der Waals surface area contributed by atoms with E-state index in [0.29, 0.717) is 6.54 Å². The van der Waals surface area contributed by atoms with Crippen molar-refractivity contribution in [3.05, 3.63) is 287 Å². The fourth-order valence-corrected chi connectivity index (χ4v) is 6.72. The molecule has 0 aliphatic carbocycles. The second-order valence-corrected chi connectivity index (χ2v) is 17.7. The van der Waals surface area contributed by atoms with Crippen LogP contribution >= 0.6 is 0 Å². The molecule has 0 saturated heterocycles.